The average Bonchev–Trinajstić information content (AvgIpc) is 1.97. The van der Waals surface area contributed by atoms with E-state index in [0.29, 0.717) is 18.8 Å². The molecule has 0 radical (unpaired) electrons. The first-order valence-electron chi connectivity index (χ1n) is 3.55. The Morgan fingerprint density at radius 2 is 2.36 bits per heavy atom. The van der Waals surface area contributed by atoms with E-state index in [-0.39, 0.29) is 5.76 Å². The van der Waals surface area contributed by atoms with E-state index in [4.69, 9.17) is 15.6 Å². The van der Waals surface area contributed by atoms with Crippen molar-refractivity contribution in [3.8, 4) is 0 Å². The fourth-order valence-corrected chi connectivity index (χ4v) is 0.557. The van der Waals surface area contributed by atoms with Crippen molar-refractivity contribution in [1.29, 1.82) is 0 Å². The molecule has 0 aromatic carbocycles. The quantitative estimate of drug-likeness (QED) is 0.471. The molecule has 0 spiro atoms. The van der Waals surface area contributed by atoms with Gasteiger partial charge in [0.05, 0.1) is 12.4 Å². The second kappa shape index (κ2) is 5.65. The number of aliphatic hydroxyl groups is 1. The standard InChI is InChI=1S/C8H15NO2/c1-7(10)4-3-5-11-8(2)6-9/h6,10H,1,3-5,9H2,2H3/b8-6+. The number of aliphatic hydroxyl groups excluding tert-OH is 1. The minimum atomic E-state index is 0.197. The van der Waals surface area contributed by atoms with Gasteiger partial charge in [0, 0.05) is 12.6 Å². The molecule has 3 nitrogen and oxygen atoms in total. The highest BCUT2D eigenvalue weighted by molar-refractivity contribution is 4.83. The second-order valence-corrected chi connectivity index (χ2v) is 2.30. The zero-order valence-electron chi connectivity index (χ0n) is 6.84. The average molecular weight is 157 g/mol. The highest BCUT2D eigenvalue weighted by Gasteiger charge is 1.91. The minimum Gasteiger partial charge on any atom is -0.513 e. The molecule has 3 N–H and O–H groups in total. The molecule has 0 atom stereocenters. The molecule has 0 saturated heterocycles. The molecule has 0 amide bonds. The Kier molecular flexibility index (Phi) is 5.07. The van der Waals surface area contributed by atoms with Gasteiger partial charge in [0.2, 0.25) is 0 Å². The van der Waals surface area contributed by atoms with Crippen LogP contribution in [0.1, 0.15) is 19.8 Å². The molecule has 64 valence electrons. The van der Waals surface area contributed by atoms with Crippen molar-refractivity contribution >= 4 is 0 Å². The molecule has 0 bridgehead atoms. The predicted octanol–water partition coefficient (Wildman–Crippen LogP) is 1.67. The molecule has 0 aliphatic rings. The Balaban J connectivity index is 3.21. The van der Waals surface area contributed by atoms with Crippen LogP contribution >= 0.6 is 0 Å². The van der Waals surface area contributed by atoms with Gasteiger partial charge < -0.3 is 15.6 Å². The van der Waals surface area contributed by atoms with Crippen LogP contribution in [0.5, 0.6) is 0 Å². The summed E-state index contributed by atoms with van der Waals surface area (Å²) in [6.45, 7) is 5.71. The maximum Gasteiger partial charge on any atom is 0.108 e. The summed E-state index contributed by atoms with van der Waals surface area (Å²) in [7, 11) is 0. The van der Waals surface area contributed by atoms with E-state index < -0.39 is 0 Å². The molecule has 0 fully saturated rings. The molecule has 0 aliphatic carbocycles. The lowest BCUT2D eigenvalue weighted by molar-refractivity contribution is 0.204. The molecule has 0 heterocycles. The fourth-order valence-electron chi connectivity index (χ4n) is 0.557. The molecule has 0 unspecified atom stereocenters. The minimum absolute atomic E-state index is 0.197. The summed E-state index contributed by atoms with van der Waals surface area (Å²) in [6.07, 6.45) is 2.76. The van der Waals surface area contributed by atoms with Crippen molar-refractivity contribution in [3.05, 3.63) is 24.3 Å². The molecule has 0 aromatic rings. The van der Waals surface area contributed by atoms with Crippen molar-refractivity contribution in [3.63, 3.8) is 0 Å². The van der Waals surface area contributed by atoms with Crippen LogP contribution in [0.25, 0.3) is 0 Å². The van der Waals surface area contributed by atoms with Gasteiger partial charge in [0.15, 0.2) is 0 Å². The summed E-state index contributed by atoms with van der Waals surface area (Å²) in [4.78, 5) is 0. The van der Waals surface area contributed by atoms with Gasteiger partial charge in [0.1, 0.15) is 5.76 Å². The first kappa shape index (κ1) is 9.88. The molecule has 0 saturated carbocycles. The van der Waals surface area contributed by atoms with E-state index >= 15 is 0 Å². The van der Waals surface area contributed by atoms with Gasteiger partial charge in [0.25, 0.3) is 0 Å². The van der Waals surface area contributed by atoms with Gasteiger partial charge in [-0.15, -0.1) is 0 Å². The highest BCUT2D eigenvalue weighted by Crippen LogP contribution is 2.00. The van der Waals surface area contributed by atoms with Gasteiger partial charge in [-0.3, -0.25) is 0 Å². The van der Waals surface area contributed by atoms with Gasteiger partial charge in [-0.25, -0.2) is 0 Å². The molecule has 0 rings (SSSR count). The van der Waals surface area contributed by atoms with Crippen molar-refractivity contribution in [2.45, 2.75) is 19.8 Å². The molecular weight excluding hydrogens is 142 g/mol. The van der Waals surface area contributed by atoms with E-state index in [1.165, 1.54) is 6.20 Å². The molecule has 11 heavy (non-hydrogen) atoms. The van der Waals surface area contributed by atoms with E-state index in [9.17, 15) is 0 Å². The summed E-state index contributed by atoms with van der Waals surface area (Å²) in [5, 5.41) is 8.69. The van der Waals surface area contributed by atoms with E-state index in [2.05, 4.69) is 6.58 Å². The summed E-state index contributed by atoms with van der Waals surface area (Å²) in [5.41, 5.74) is 5.16. The van der Waals surface area contributed by atoms with Crippen LogP contribution in [-0.2, 0) is 4.74 Å². The highest BCUT2D eigenvalue weighted by atomic mass is 16.5. The summed E-state index contributed by atoms with van der Waals surface area (Å²) < 4.78 is 5.13. The molecule has 0 aliphatic heterocycles. The summed E-state index contributed by atoms with van der Waals surface area (Å²) >= 11 is 0. The third-order valence-corrected chi connectivity index (χ3v) is 1.17. The zero-order chi connectivity index (χ0) is 8.69. The maximum atomic E-state index is 8.69. The summed E-state index contributed by atoms with van der Waals surface area (Å²) in [6, 6.07) is 0. The second-order valence-electron chi connectivity index (χ2n) is 2.30. The van der Waals surface area contributed by atoms with Crippen LogP contribution in [0, 0.1) is 0 Å². The monoisotopic (exact) mass is 157 g/mol. The molecular formula is C8H15NO2. The number of nitrogens with two attached hydrogens (primary N) is 1. The lowest BCUT2D eigenvalue weighted by atomic mass is 10.3. The van der Waals surface area contributed by atoms with Gasteiger partial charge >= 0.3 is 0 Å². The number of hydrogen-bond acceptors (Lipinski definition) is 3. The number of hydrogen-bond donors (Lipinski definition) is 2. The van der Waals surface area contributed by atoms with E-state index in [1.807, 2.05) is 0 Å². The van der Waals surface area contributed by atoms with Crippen LogP contribution in [0.2, 0.25) is 0 Å². The summed E-state index contributed by atoms with van der Waals surface area (Å²) in [5.74, 6) is 0.900. The molecule has 3 heteroatoms. The van der Waals surface area contributed by atoms with Crippen molar-refractivity contribution in [1.82, 2.24) is 0 Å². The van der Waals surface area contributed by atoms with E-state index in [1.54, 1.807) is 6.92 Å². The number of ether oxygens (including phenoxy) is 1. The number of rotatable bonds is 5. The smallest absolute Gasteiger partial charge is 0.108 e. The van der Waals surface area contributed by atoms with Crippen LogP contribution in [0.4, 0.5) is 0 Å². The first-order chi connectivity index (χ1) is 5.16. The Hall–Kier alpha value is -1.12. The van der Waals surface area contributed by atoms with Crippen LogP contribution < -0.4 is 5.73 Å². The Labute approximate surface area is 67.2 Å². The SMILES string of the molecule is C=C(O)CCCO/C(C)=C/N. The van der Waals surface area contributed by atoms with Crippen molar-refractivity contribution in [2.75, 3.05) is 6.61 Å². The van der Waals surface area contributed by atoms with Crippen LogP contribution in [-0.4, -0.2) is 11.7 Å². The van der Waals surface area contributed by atoms with Crippen LogP contribution in [0.3, 0.4) is 0 Å². The number of allylic oxidation sites excluding steroid dienone is 2. The first-order valence-corrected chi connectivity index (χ1v) is 3.55. The topological polar surface area (TPSA) is 55.5 Å². The van der Waals surface area contributed by atoms with E-state index in [0.717, 1.165) is 6.42 Å². The largest absolute Gasteiger partial charge is 0.513 e. The zero-order valence-corrected chi connectivity index (χ0v) is 6.84. The third kappa shape index (κ3) is 6.77. The third-order valence-electron chi connectivity index (χ3n) is 1.17. The Bertz CT molecular complexity index is 152. The van der Waals surface area contributed by atoms with Crippen LogP contribution in [0.15, 0.2) is 24.3 Å². The van der Waals surface area contributed by atoms with Gasteiger partial charge in [-0.2, -0.15) is 0 Å². The lowest BCUT2D eigenvalue weighted by Crippen LogP contribution is -1.95. The Morgan fingerprint density at radius 1 is 1.73 bits per heavy atom. The lowest BCUT2D eigenvalue weighted by Gasteiger charge is -2.03. The Morgan fingerprint density at radius 3 is 2.82 bits per heavy atom. The fraction of sp³-hybridized carbons (Fsp3) is 0.500. The normalized spacial score (nSPS) is 11.2. The predicted molar refractivity (Wildman–Crippen MR) is 44.9 cm³/mol. The maximum absolute atomic E-state index is 8.69. The van der Waals surface area contributed by atoms with Gasteiger partial charge in [-0.05, 0) is 13.3 Å². The van der Waals surface area contributed by atoms with Crippen molar-refractivity contribution in [2.24, 2.45) is 5.73 Å². The molecule has 0 aromatic heterocycles. The van der Waals surface area contributed by atoms with Crippen molar-refractivity contribution < 1.29 is 9.84 Å². The van der Waals surface area contributed by atoms with Gasteiger partial charge in [-0.1, -0.05) is 6.58 Å².